The number of nitrogens with zero attached hydrogens (tertiary/aromatic N) is 2. The van der Waals surface area contributed by atoms with Crippen molar-refractivity contribution in [1.82, 2.24) is 0 Å². The zero-order valence-corrected chi connectivity index (χ0v) is 15.5. The minimum Gasteiger partial charge on any atom is -0.359 e. The van der Waals surface area contributed by atoms with Crippen molar-refractivity contribution in [2.45, 2.75) is 12.5 Å². The fraction of sp³-hybridized carbons (Fsp3) is 0.300. The SMILES string of the molecule is O=C1CC([NH+]2CCN(c3ccccc3Cl)CC2)C(=O)N1c1ccc(F)cc1. The first-order valence-electron chi connectivity index (χ1n) is 9.01. The van der Waals surface area contributed by atoms with E-state index < -0.39 is 5.82 Å². The molecular weight excluding hydrogens is 369 g/mol. The number of imide groups is 1. The summed E-state index contributed by atoms with van der Waals surface area (Å²) in [6, 6.07) is 12.8. The van der Waals surface area contributed by atoms with E-state index in [-0.39, 0.29) is 24.3 Å². The van der Waals surface area contributed by atoms with Crippen LogP contribution in [0.3, 0.4) is 0 Å². The summed E-state index contributed by atoms with van der Waals surface area (Å²) >= 11 is 6.28. The van der Waals surface area contributed by atoms with Crippen LogP contribution in [0.2, 0.25) is 5.02 Å². The quantitative estimate of drug-likeness (QED) is 0.811. The molecule has 2 aromatic carbocycles. The Morgan fingerprint density at radius 3 is 2.33 bits per heavy atom. The average Bonchev–Trinajstić information content (AvgIpc) is 2.97. The lowest BCUT2D eigenvalue weighted by Gasteiger charge is -2.36. The molecule has 27 heavy (non-hydrogen) atoms. The molecule has 5 nitrogen and oxygen atoms in total. The summed E-state index contributed by atoms with van der Waals surface area (Å²) in [5.41, 5.74) is 1.43. The molecule has 0 bridgehead atoms. The normalized spacial score (nSPS) is 21.2. The van der Waals surface area contributed by atoms with Crippen molar-refractivity contribution in [3.8, 4) is 0 Å². The number of hydrogen-bond donors (Lipinski definition) is 1. The zero-order valence-electron chi connectivity index (χ0n) is 14.7. The van der Waals surface area contributed by atoms with E-state index >= 15 is 0 Å². The van der Waals surface area contributed by atoms with Crippen molar-refractivity contribution in [2.24, 2.45) is 0 Å². The Labute approximate surface area is 161 Å². The van der Waals surface area contributed by atoms with Crippen molar-refractivity contribution < 1.29 is 18.9 Å². The molecule has 0 radical (unpaired) electrons. The van der Waals surface area contributed by atoms with Gasteiger partial charge < -0.3 is 9.80 Å². The van der Waals surface area contributed by atoms with Crippen LogP contribution in [0.15, 0.2) is 48.5 Å². The summed E-state index contributed by atoms with van der Waals surface area (Å²) in [7, 11) is 0. The molecule has 0 saturated carbocycles. The van der Waals surface area contributed by atoms with Crippen LogP contribution in [0.4, 0.5) is 15.8 Å². The van der Waals surface area contributed by atoms with Crippen molar-refractivity contribution in [1.29, 1.82) is 0 Å². The Kier molecular flexibility index (Phi) is 4.85. The van der Waals surface area contributed by atoms with Gasteiger partial charge in [0.05, 0.1) is 49.0 Å². The van der Waals surface area contributed by atoms with Crippen molar-refractivity contribution in [2.75, 3.05) is 36.0 Å². The summed E-state index contributed by atoms with van der Waals surface area (Å²) in [6.45, 7) is 3.06. The number of carbonyl (C=O) groups excluding carboxylic acids is 2. The molecule has 2 aliphatic rings. The third-order valence-electron chi connectivity index (χ3n) is 5.32. The third kappa shape index (κ3) is 3.42. The summed E-state index contributed by atoms with van der Waals surface area (Å²) in [6.07, 6.45) is 0.192. The van der Waals surface area contributed by atoms with E-state index in [4.69, 9.17) is 11.6 Å². The van der Waals surface area contributed by atoms with Gasteiger partial charge in [0.2, 0.25) is 5.91 Å². The fourth-order valence-corrected chi connectivity index (χ4v) is 4.16. The monoisotopic (exact) mass is 388 g/mol. The molecule has 2 amide bonds. The second kappa shape index (κ2) is 7.29. The molecule has 2 saturated heterocycles. The first kappa shape index (κ1) is 17.9. The highest BCUT2D eigenvalue weighted by molar-refractivity contribution is 6.33. The van der Waals surface area contributed by atoms with E-state index in [1.165, 1.54) is 29.2 Å². The standard InChI is InChI=1S/C20H19ClFN3O2/c21-16-3-1-2-4-17(16)23-9-11-24(12-10-23)18-13-19(26)25(20(18)27)15-7-5-14(22)6-8-15/h1-8,18H,9-13H2/p+1. The van der Waals surface area contributed by atoms with E-state index in [0.717, 1.165) is 41.8 Å². The number of carbonyl (C=O) groups is 2. The highest BCUT2D eigenvalue weighted by atomic mass is 35.5. The zero-order chi connectivity index (χ0) is 19.0. The Hall–Kier alpha value is -2.44. The van der Waals surface area contributed by atoms with Gasteiger partial charge in [0.1, 0.15) is 5.82 Å². The van der Waals surface area contributed by atoms with Crippen molar-refractivity contribution in [3.05, 3.63) is 59.4 Å². The fourth-order valence-electron chi connectivity index (χ4n) is 3.90. The van der Waals surface area contributed by atoms with E-state index in [1.54, 1.807) is 0 Å². The van der Waals surface area contributed by atoms with Gasteiger partial charge in [0.25, 0.3) is 5.91 Å². The minimum atomic E-state index is -0.393. The molecule has 1 unspecified atom stereocenters. The van der Waals surface area contributed by atoms with Crippen LogP contribution in [0.5, 0.6) is 0 Å². The number of hydrogen-bond acceptors (Lipinski definition) is 3. The van der Waals surface area contributed by atoms with Crippen LogP contribution in [0, 0.1) is 5.82 Å². The van der Waals surface area contributed by atoms with Gasteiger partial charge in [-0.2, -0.15) is 0 Å². The number of rotatable bonds is 3. The lowest BCUT2D eigenvalue weighted by atomic mass is 10.1. The van der Waals surface area contributed by atoms with Gasteiger partial charge in [-0.15, -0.1) is 0 Å². The Balaban J connectivity index is 1.44. The van der Waals surface area contributed by atoms with Crippen LogP contribution in [-0.2, 0) is 9.59 Å². The van der Waals surface area contributed by atoms with E-state index in [0.29, 0.717) is 5.69 Å². The summed E-state index contributed by atoms with van der Waals surface area (Å²) in [4.78, 5) is 29.8. The summed E-state index contributed by atoms with van der Waals surface area (Å²) in [5, 5.41) is 0.718. The molecule has 0 aliphatic carbocycles. The molecule has 4 rings (SSSR count). The topological polar surface area (TPSA) is 45.1 Å². The number of anilines is 2. The number of halogens is 2. The van der Waals surface area contributed by atoms with Gasteiger partial charge in [-0.1, -0.05) is 23.7 Å². The molecule has 0 aromatic heterocycles. The molecule has 2 fully saturated rings. The Morgan fingerprint density at radius 1 is 1.00 bits per heavy atom. The largest absolute Gasteiger partial charge is 0.359 e. The molecular formula is C20H20ClFN3O2+. The first-order chi connectivity index (χ1) is 13.0. The van der Waals surface area contributed by atoms with Gasteiger partial charge in [-0.05, 0) is 36.4 Å². The summed E-state index contributed by atoms with van der Waals surface area (Å²) < 4.78 is 13.1. The maximum Gasteiger partial charge on any atom is 0.292 e. The minimum absolute atomic E-state index is 0.192. The first-order valence-corrected chi connectivity index (χ1v) is 9.39. The smallest absolute Gasteiger partial charge is 0.292 e. The molecule has 1 atom stereocenters. The lowest BCUT2D eigenvalue weighted by Crippen LogP contribution is -3.19. The number of piperazine rings is 1. The van der Waals surface area contributed by atoms with Crippen LogP contribution >= 0.6 is 11.6 Å². The molecule has 2 aromatic rings. The van der Waals surface area contributed by atoms with Crippen LogP contribution in [-0.4, -0.2) is 44.0 Å². The number of benzene rings is 2. The van der Waals surface area contributed by atoms with Gasteiger partial charge in [-0.25, -0.2) is 9.29 Å². The van der Waals surface area contributed by atoms with E-state index in [2.05, 4.69) is 4.90 Å². The van der Waals surface area contributed by atoms with Crippen LogP contribution in [0.1, 0.15) is 6.42 Å². The van der Waals surface area contributed by atoms with Crippen molar-refractivity contribution >= 4 is 34.8 Å². The van der Waals surface area contributed by atoms with E-state index in [1.807, 2.05) is 24.3 Å². The second-order valence-corrected chi connectivity index (χ2v) is 7.30. The molecule has 0 spiro atoms. The summed E-state index contributed by atoms with van der Waals surface area (Å²) in [5.74, 6) is -0.818. The highest BCUT2D eigenvalue weighted by Crippen LogP contribution is 2.25. The number of quaternary nitrogens is 1. The van der Waals surface area contributed by atoms with Gasteiger partial charge in [0.15, 0.2) is 6.04 Å². The lowest BCUT2D eigenvalue weighted by molar-refractivity contribution is -0.915. The predicted octanol–water partition coefficient (Wildman–Crippen LogP) is 1.52. The average molecular weight is 389 g/mol. The second-order valence-electron chi connectivity index (χ2n) is 6.90. The van der Waals surface area contributed by atoms with Crippen LogP contribution < -0.4 is 14.7 Å². The predicted molar refractivity (Wildman–Crippen MR) is 102 cm³/mol. The maximum absolute atomic E-state index is 13.1. The number of nitrogens with one attached hydrogen (secondary N) is 1. The number of amides is 2. The van der Waals surface area contributed by atoms with Gasteiger partial charge in [0, 0.05) is 0 Å². The Morgan fingerprint density at radius 2 is 1.67 bits per heavy atom. The van der Waals surface area contributed by atoms with Gasteiger partial charge in [-0.3, -0.25) is 9.59 Å². The third-order valence-corrected chi connectivity index (χ3v) is 5.64. The van der Waals surface area contributed by atoms with E-state index in [9.17, 15) is 14.0 Å². The molecule has 1 N–H and O–H groups in total. The molecule has 2 heterocycles. The molecule has 2 aliphatic heterocycles. The number of para-hydroxylation sites is 1. The Bertz CT molecular complexity index is 866. The maximum atomic E-state index is 13.1. The van der Waals surface area contributed by atoms with Crippen LogP contribution in [0.25, 0.3) is 0 Å². The molecule has 140 valence electrons. The highest BCUT2D eigenvalue weighted by Gasteiger charge is 2.46. The molecule has 7 heteroatoms. The van der Waals surface area contributed by atoms with Gasteiger partial charge >= 0.3 is 0 Å². The van der Waals surface area contributed by atoms with Crippen molar-refractivity contribution in [3.63, 3.8) is 0 Å².